The number of nitrogens with one attached hydrogen (secondary N) is 2. The number of ether oxygens (including phenoxy) is 1. The molecule has 122 valence electrons. The minimum Gasteiger partial charge on any atom is -0.468 e. The van der Waals surface area contributed by atoms with Crippen LogP contribution in [-0.4, -0.2) is 37.7 Å². The number of methoxy groups -OCH3 is 1. The van der Waals surface area contributed by atoms with Gasteiger partial charge in [-0.15, -0.1) is 0 Å². The highest BCUT2D eigenvalue weighted by Crippen LogP contribution is 2.31. The number of carbonyl (C=O) groups is 1. The molecule has 2 rings (SSSR count). The number of hydrogen-bond acceptors (Lipinski definition) is 4. The van der Waals surface area contributed by atoms with Crippen molar-refractivity contribution in [2.24, 2.45) is 11.8 Å². The van der Waals surface area contributed by atoms with Crippen LogP contribution in [0.5, 0.6) is 0 Å². The van der Waals surface area contributed by atoms with Gasteiger partial charge in [0.1, 0.15) is 6.04 Å². The van der Waals surface area contributed by atoms with Crippen molar-refractivity contribution in [1.29, 1.82) is 0 Å². The quantitative estimate of drug-likeness (QED) is 0.739. The van der Waals surface area contributed by atoms with Crippen LogP contribution in [0.3, 0.4) is 0 Å². The molecule has 0 aromatic carbocycles. The van der Waals surface area contributed by atoms with Gasteiger partial charge >= 0.3 is 5.97 Å². The molecule has 4 unspecified atom stereocenters. The zero-order valence-electron chi connectivity index (χ0n) is 13.9. The fraction of sp³-hybridized carbons (Fsp3) is 0.941. The van der Waals surface area contributed by atoms with Crippen LogP contribution in [0.4, 0.5) is 0 Å². The van der Waals surface area contributed by atoms with Gasteiger partial charge in [0.15, 0.2) is 0 Å². The standard InChI is InChI=1S/C17H32N2O2/c1-12(2)11-16(17(20)21-3)19-15-8-5-4-7-13(15)14-9-6-10-18-14/h12-16,18-19H,4-11H2,1-3H3. The number of rotatable bonds is 6. The minimum absolute atomic E-state index is 0.104. The Balaban J connectivity index is 1.99. The first-order chi connectivity index (χ1) is 10.1. The van der Waals surface area contributed by atoms with Gasteiger partial charge in [0, 0.05) is 12.1 Å². The molecule has 1 saturated heterocycles. The van der Waals surface area contributed by atoms with E-state index < -0.39 is 0 Å². The fourth-order valence-corrected chi connectivity index (χ4v) is 4.03. The van der Waals surface area contributed by atoms with Crippen LogP contribution >= 0.6 is 0 Å². The van der Waals surface area contributed by atoms with Crippen LogP contribution in [0.25, 0.3) is 0 Å². The van der Waals surface area contributed by atoms with E-state index in [9.17, 15) is 4.79 Å². The number of esters is 1. The molecule has 0 aromatic heterocycles. The average Bonchev–Trinajstić information content (AvgIpc) is 3.00. The van der Waals surface area contributed by atoms with Crippen molar-refractivity contribution in [2.75, 3.05) is 13.7 Å². The molecule has 21 heavy (non-hydrogen) atoms. The van der Waals surface area contributed by atoms with E-state index in [2.05, 4.69) is 24.5 Å². The Morgan fingerprint density at radius 3 is 2.62 bits per heavy atom. The summed E-state index contributed by atoms with van der Waals surface area (Å²) in [4.78, 5) is 12.0. The van der Waals surface area contributed by atoms with E-state index in [4.69, 9.17) is 4.74 Å². The van der Waals surface area contributed by atoms with Crippen LogP contribution in [0.2, 0.25) is 0 Å². The van der Waals surface area contributed by atoms with Gasteiger partial charge in [0.05, 0.1) is 7.11 Å². The number of hydrogen-bond donors (Lipinski definition) is 2. The maximum Gasteiger partial charge on any atom is 0.322 e. The molecular weight excluding hydrogens is 264 g/mol. The van der Waals surface area contributed by atoms with Crippen LogP contribution < -0.4 is 10.6 Å². The van der Waals surface area contributed by atoms with Crippen molar-refractivity contribution in [3.05, 3.63) is 0 Å². The second kappa shape index (κ2) is 8.14. The molecule has 0 amide bonds. The first-order valence-electron chi connectivity index (χ1n) is 8.69. The molecule has 0 aromatic rings. The number of carbonyl (C=O) groups excluding carboxylic acids is 1. The summed E-state index contributed by atoms with van der Waals surface area (Å²) in [5, 5.41) is 7.31. The first-order valence-corrected chi connectivity index (χ1v) is 8.69. The summed E-state index contributed by atoms with van der Waals surface area (Å²) in [6, 6.07) is 0.944. The van der Waals surface area contributed by atoms with Crippen LogP contribution in [0.1, 0.15) is 58.8 Å². The van der Waals surface area contributed by atoms with E-state index in [0.29, 0.717) is 23.9 Å². The van der Waals surface area contributed by atoms with Crippen molar-refractivity contribution in [3.63, 3.8) is 0 Å². The molecule has 4 heteroatoms. The van der Waals surface area contributed by atoms with Crippen LogP contribution in [-0.2, 0) is 9.53 Å². The Hall–Kier alpha value is -0.610. The van der Waals surface area contributed by atoms with E-state index in [-0.39, 0.29) is 12.0 Å². The third-order valence-electron chi connectivity index (χ3n) is 5.04. The molecule has 4 atom stereocenters. The summed E-state index contributed by atoms with van der Waals surface area (Å²) in [6.45, 7) is 5.48. The van der Waals surface area contributed by atoms with E-state index in [1.165, 1.54) is 45.6 Å². The van der Waals surface area contributed by atoms with E-state index in [1.54, 1.807) is 0 Å². The van der Waals surface area contributed by atoms with Crippen molar-refractivity contribution in [1.82, 2.24) is 10.6 Å². The maximum absolute atomic E-state index is 12.0. The Morgan fingerprint density at radius 2 is 2.00 bits per heavy atom. The minimum atomic E-state index is -0.151. The lowest BCUT2D eigenvalue weighted by molar-refractivity contribution is -0.144. The van der Waals surface area contributed by atoms with Crippen molar-refractivity contribution >= 4 is 5.97 Å². The van der Waals surface area contributed by atoms with E-state index in [1.807, 2.05) is 0 Å². The van der Waals surface area contributed by atoms with Gasteiger partial charge in [0.25, 0.3) is 0 Å². The van der Waals surface area contributed by atoms with E-state index >= 15 is 0 Å². The molecule has 1 saturated carbocycles. The van der Waals surface area contributed by atoms with Gasteiger partial charge in [-0.25, -0.2) is 0 Å². The molecule has 4 nitrogen and oxygen atoms in total. The predicted octanol–water partition coefficient (Wildman–Crippen LogP) is 2.47. The normalized spacial score (nSPS) is 31.3. The third-order valence-corrected chi connectivity index (χ3v) is 5.04. The highest BCUT2D eigenvalue weighted by atomic mass is 16.5. The summed E-state index contributed by atoms with van der Waals surface area (Å²) < 4.78 is 5.00. The molecule has 0 bridgehead atoms. The fourth-order valence-electron chi connectivity index (χ4n) is 4.03. The van der Waals surface area contributed by atoms with Gasteiger partial charge in [0.2, 0.25) is 0 Å². The lowest BCUT2D eigenvalue weighted by Crippen LogP contribution is -2.52. The monoisotopic (exact) mass is 296 g/mol. The molecule has 0 spiro atoms. The van der Waals surface area contributed by atoms with Gasteiger partial charge in [-0.3, -0.25) is 4.79 Å². The summed E-state index contributed by atoms with van der Waals surface area (Å²) >= 11 is 0. The molecule has 2 fully saturated rings. The van der Waals surface area contributed by atoms with Crippen molar-refractivity contribution in [3.8, 4) is 0 Å². The molecule has 2 aliphatic rings. The molecule has 1 aliphatic heterocycles. The van der Waals surface area contributed by atoms with Gasteiger partial charge in [-0.2, -0.15) is 0 Å². The molecule has 2 N–H and O–H groups in total. The van der Waals surface area contributed by atoms with Crippen LogP contribution in [0, 0.1) is 11.8 Å². The highest BCUT2D eigenvalue weighted by Gasteiger charge is 2.35. The highest BCUT2D eigenvalue weighted by molar-refractivity contribution is 5.75. The SMILES string of the molecule is COC(=O)C(CC(C)C)NC1CCCCC1C1CCCN1. The second-order valence-corrected chi connectivity index (χ2v) is 7.13. The zero-order valence-corrected chi connectivity index (χ0v) is 13.9. The topological polar surface area (TPSA) is 50.4 Å². The summed E-state index contributed by atoms with van der Waals surface area (Å²) in [5.41, 5.74) is 0. The van der Waals surface area contributed by atoms with Gasteiger partial charge < -0.3 is 15.4 Å². The van der Waals surface area contributed by atoms with Gasteiger partial charge in [-0.05, 0) is 50.5 Å². The summed E-state index contributed by atoms with van der Waals surface area (Å²) in [7, 11) is 1.49. The first kappa shape index (κ1) is 16.8. The molecular formula is C17H32N2O2. The Kier molecular flexibility index (Phi) is 6.49. The van der Waals surface area contributed by atoms with E-state index in [0.717, 1.165) is 13.0 Å². The van der Waals surface area contributed by atoms with Gasteiger partial charge in [-0.1, -0.05) is 26.7 Å². The Morgan fingerprint density at radius 1 is 1.24 bits per heavy atom. The summed E-state index contributed by atoms with van der Waals surface area (Å²) in [6.07, 6.45) is 8.51. The Labute approximate surface area is 129 Å². The third kappa shape index (κ3) is 4.68. The van der Waals surface area contributed by atoms with Crippen molar-refractivity contribution in [2.45, 2.75) is 76.9 Å². The summed E-state index contributed by atoms with van der Waals surface area (Å²) in [5.74, 6) is 1.06. The predicted molar refractivity (Wildman–Crippen MR) is 85.2 cm³/mol. The lowest BCUT2D eigenvalue weighted by atomic mass is 9.78. The zero-order chi connectivity index (χ0) is 15.2. The van der Waals surface area contributed by atoms with Crippen molar-refractivity contribution < 1.29 is 9.53 Å². The maximum atomic E-state index is 12.0. The second-order valence-electron chi connectivity index (χ2n) is 7.13. The lowest BCUT2D eigenvalue weighted by Gasteiger charge is -2.38. The largest absolute Gasteiger partial charge is 0.468 e. The molecule has 1 heterocycles. The molecule has 1 aliphatic carbocycles. The molecule has 0 radical (unpaired) electrons. The average molecular weight is 296 g/mol. The van der Waals surface area contributed by atoms with Crippen LogP contribution in [0.15, 0.2) is 0 Å². The smallest absolute Gasteiger partial charge is 0.322 e. The Bertz CT molecular complexity index is 327.